The third kappa shape index (κ3) is 4.22. The van der Waals surface area contributed by atoms with Crippen molar-refractivity contribution in [3.05, 3.63) is 77.1 Å². The number of anilines is 1. The highest BCUT2D eigenvalue weighted by atomic mass is 19.1. The second-order valence-corrected chi connectivity index (χ2v) is 7.25. The summed E-state index contributed by atoms with van der Waals surface area (Å²) in [6.07, 6.45) is 2.52. The maximum Gasteiger partial charge on any atom is 0.247 e. The van der Waals surface area contributed by atoms with Crippen molar-refractivity contribution in [1.82, 2.24) is 19.9 Å². The zero-order chi connectivity index (χ0) is 22.8. The first kappa shape index (κ1) is 21.2. The minimum absolute atomic E-state index is 0.0841. The maximum atomic E-state index is 13.9. The van der Waals surface area contributed by atoms with Gasteiger partial charge in [-0.3, -0.25) is 9.78 Å². The zero-order valence-electron chi connectivity index (χ0n) is 17.4. The van der Waals surface area contributed by atoms with Crippen LogP contribution in [0.3, 0.4) is 0 Å². The van der Waals surface area contributed by atoms with Gasteiger partial charge in [0.15, 0.2) is 17.3 Å². The number of nitrogen functional groups attached to an aromatic ring is 1. The Morgan fingerprint density at radius 3 is 2.34 bits per heavy atom. The van der Waals surface area contributed by atoms with E-state index in [1.807, 2.05) is 13.8 Å². The summed E-state index contributed by atoms with van der Waals surface area (Å²) >= 11 is 0. The van der Waals surface area contributed by atoms with Gasteiger partial charge >= 0.3 is 0 Å². The molecule has 0 saturated carbocycles. The van der Waals surface area contributed by atoms with Crippen LogP contribution in [-0.4, -0.2) is 25.7 Å². The molecule has 0 atom stereocenters. The summed E-state index contributed by atoms with van der Waals surface area (Å²) in [5, 5.41) is 0. The summed E-state index contributed by atoms with van der Waals surface area (Å²) in [7, 11) is 0. The lowest BCUT2D eigenvalue weighted by molar-refractivity contribution is 0.0978. The minimum Gasteiger partial charge on any atom is -0.443 e. The van der Waals surface area contributed by atoms with Gasteiger partial charge in [0.2, 0.25) is 5.89 Å². The van der Waals surface area contributed by atoms with E-state index >= 15 is 0 Å². The molecular weight excluding hydrogens is 416 g/mol. The summed E-state index contributed by atoms with van der Waals surface area (Å²) in [4.78, 5) is 30.2. The molecule has 0 saturated heterocycles. The second kappa shape index (κ2) is 8.62. The van der Waals surface area contributed by atoms with E-state index in [0.29, 0.717) is 11.3 Å². The molecule has 162 valence electrons. The molecule has 0 aliphatic rings. The van der Waals surface area contributed by atoms with Gasteiger partial charge in [-0.2, -0.15) is 0 Å². The van der Waals surface area contributed by atoms with E-state index in [1.54, 1.807) is 12.1 Å². The molecule has 0 aliphatic carbocycles. The number of aryl methyl sites for hydroxylation is 2. The first-order valence-electron chi connectivity index (χ1n) is 9.82. The smallest absolute Gasteiger partial charge is 0.247 e. The fourth-order valence-corrected chi connectivity index (χ4v) is 3.44. The summed E-state index contributed by atoms with van der Waals surface area (Å²) in [6.45, 7) is 3.67. The predicted molar refractivity (Wildman–Crippen MR) is 114 cm³/mol. The molecule has 4 aromatic rings. The van der Waals surface area contributed by atoms with Crippen molar-refractivity contribution in [1.29, 1.82) is 0 Å². The van der Waals surface area contributed by atoms with Gasteiger partial charge < -0.3 is 10.2 Å². The largest absolute Gasteiger partial charge is 0.443 e. The van der Waals surface area contributed by atoms with Gasteiger partial charge in [-0.15, -0.1) is 0 Å². The quantitative estimate of drug-likeness (QED) is 0.445. The number of hydrogen-bond donors (Lipinski definition) is 1. The third-order valence-electron chi connectivity index (χ3n) is 4.84. The number of carbonyl (C=O) groups excluding carboxylic acids is 1. The fourth-order valence-electron chi connectivity index (χ4n) is 3.44. The number of rotatable bonds is 6. The van der Waals surface area contributed by atoms with Gasteiger partial charge in [-0.1, -0.05) is 6.07 Å². The summed E-state index contributed by atoms with van der Waals surface area (Å²) < 4.78 is 33.2. The van der Waals surface area contributed by atoms with Crippen molar-refractivity contribution >= 4 is 11.6 Å². The number of pyridine rings is 1. The van der Waals surface area contributed by atoms with E-state index in [-0.39, 0.29) is 41.5 Å². The van der Waals surface area contributed by atoms with Crippen molar-refractivity contribution in [2.45, 2.75) is 26.7 Å². The molecule has 0 unspecified atom stereocenters. The lowest BCUT2D eigenvalue weighted by Crippen LogP contribution is -2.12. The molecule has 2 N–H and O–H groups in total. The van der Waals surface area contributed by atoms with E-state index in [2.05, 4.69) is 19.9 Å². The molecule has 32 heavy (non-hydrogen) atoms. The highest BCUT2D eigenvalue weighted by Gasteiger charge is 2.23. The fraction of sp³-hybridized carbons (Fsp3) is 0.174. The van der Waals surface area contributed by atoms with E-state index in [4.69, 9.17) is 10.2 Å². The molecule has 3 aromatic heterocycles. The van der Waals surface area contributed by atoms with E-state index < -0.39 is 17.4 Å². The zero-order valence-corrected chi connectivity index (χ0v) is 17.4. The van der Waals surface area contributed by atoms with Crippen molar-refractivity contribution in [2.75, 3.05) is 5.73 Å². The molecule has 0 amide bonds. The van der Waals surface area contributed by atoms with Crippen LogP contribution < -0.4 is 5.73 Å². The number of carbonyl (C=O) groups is 1. The molecule has 0 radical (unpaired) electrons. The van der Waals surface area contributed by atoms with Crippen LogP contribution >= 0.6 is 0 Å². The Bertz CT molecular complexity index is 1270. The Kier molecular flexibility index (Phi) is 5.72. The van der Waals surface area contributed by atoms with Gasteiger partial charge in [0.1, 0.15) is 29.3 Å². The van der Waals surface area contributed by atoms with Crippen LogP contribution in [0.1, 0.15) is 33.9 Å². The number of halogens is 2. The lowest BCUT2D eigenvalue weighted by atomic mass is 10.0. The Balaban J connectivity index is 1.75. The van der Waals surface area contributed by atoms with Crippen molar-refractivity contribution in [3.63, 3.8) is 0 Å². The molecule has 9 heteroatoms. The summed E-state index contributed by atoms with van der Waals surface area (Å²) in [5.74, 6) is -1.83. The van der Waals surface area contributed by atoms with Crippen LogP contribution in [0.15, 0.2) is 47.2 Å². The van der Waals surface area contributed by atoms with Gasteiger partial charge in [-0.25, -0.2) is 23.7 Å². The van der Waals surface area contributed by atoms with Gasteiger partial charge in [0.05, 0.1) is 6.20 Å². The van der Waals surface area contributed by atoms with Crippen molar-refractivity contribution in [2.24, 2.45) is 0 Å². The number of nitrogens with two attached hydrogens (primary N) is 1. The number of Topliss-reactive ketones (excluding diaryl/α,β-unsaturated/α-hetero) is 1. The first-order valence-corrected chi connectivity index (χ1v) is 9.82. The molecule has 0 aliphatic heterocycles. The summed E-state index contributed by atoms with van der Waals surface area (Å²) in [6, 6.07) is 7.15. The van der Waals surface area contributed by atoms with Crippen molar-refractivity contribution in [3.8, 4) is 22.8 Å². The Morgan fingerprint density at radius 2 is 1.72 bits per heavy atom. The Labute approximate surface area is 182 Å². The molecule has 1 aromatic carbocycles. The molecular formula is C23H19F2N5O2. The van der Waals surface area contributed by atoms with Crippen LogP contribution in [0.5, 0.6) is 0 Å². The SMILES string of the molecule is Cc1cc(-c2nc(C(=O)CCc3c(F)cccc3F)c(N)nc2-c2ncco2)cc(C)n1. The topological polar surface area (TPSA) is 108 Å². The Hall–Kier alpha value is -4.01. The average molecular weight is 435 g/mol. The van der Waals surface area contributed by atoms with Gasteiger partial charge in [0, 0.05) is 28.9 Å². The first-order chi connectivity index (χ1) is 15.3. The number of oxazole rings is 1. The second-order valence-electron chi connectivity index (χ2n) is 7.25. The molecule has 7 nitrogen and oxygen atoms in total. The van der Waals surface area contributed by atoms with Crippen molar-refractivity contribution < 1.29 is 18.0 Å². The van der Waals surface area contributed by atoms with Gasteiger partial charge in [0.25, 0.3) is 0 Å². The molecule has 4 rings (SSSR count). The monoisotopic (exact) mass is 435 g/mol. The number of ketones is 1. The van der Waals surface area contributed by atoms with Crippen LogP contribution in [0.2, 0.25) is 0 Å². The Morgan fingerprint density at radius 1 is 1.03 bits per heavy atom. The highest BCUT2D eigenvalue weighted by Crippen LogP contribution is 2.31. The van der Waals surface area contributed by atoms with Crippen LogP contribution in [0.4, 0.5) is 14.6 Å². The minimum atomic E-state index is -0.709. The van der Waals surface area contributed by atoms with E-state index in [0.717, 1.165) is 23.5 Å². The number of aromatic nitrogens is 4. The van der Waals surface area contributed by atoms with Gasteiger partial charge in [-0.05, 0) is 44.5 Å². The van der Waals surface area contributed by atoms with E-state index in [1.165, 1.54) is 18.5 Å². The normalized spacial score (nSPS) is 11.0. The third-order valence-corrected chi connectivity index (χ3v) is 4.84. The number of benzene rings is 1. The molecule has 0 bridgehead atoms. The predicted octanol–water partition coefficient (Wildman–Crippen LogP) is 4.49. The number of nitrogens with zero attached hydrogens (tertiary/aromatic N) is 4. The molecule has 0 spiro atoms. The lowest BCUT2D eigenvalue weighted by Gasteiger charge is -2.12. The maximum absolute atomic E-state index is 13.9. The van der Waals surface area contributed by atoms with Crippen LogP contribution in [0.25, 0.3) is 22.8 Å². The average Bonchev–Trinajstić information content (AvgIpc) is 3.27. The highest BCUT2D eigenvalue weighted by molar-refractivity contribution is 5.99. The van der Waals surface area contributed by atoms with Crippen LogP contribution in [-0.2, 0) is 6.42 Å². The molecule has 3 heterocycles. The molecule has 0 fully saturated rings. The number of hydrogen-bond acceptors (Lipinski definition) is 7. The summed E-state index contributed by atoms with van der Waals surface area (Å²) in [5.41, 5.74) is 8.57. The van der Waals surface area contributed by atoms with E-state index in [9.17, 15) is 13.6 Å². The standard InChI is InChI=1S/C23H19F2N5O2/c1-12-10-14(11-13(2)28-12)19-21(23-27-8-9-32-23)30-22(26)20(29-19)18(31)7-6-15-16(24)4-3-5-17(15)25/h3-5,8-11H,6-7H2,1-2H3,(H2,26,30). The van der Waals surface area contributed by atoms with Crippen LogP contribution in [0, 0.1) is 25.5 Å².